The molecule has 1 aliphatic carbocycles. The molecule has 1 saturated heterocycles. The zero-order valence-electron chi connectivity index (χ0n) is 8.34. The first kappa shape index (κ1) is 9.47. The van der Waals surface area contributed by atoms with Crippen LogP contribution < -0.4 is 5.32 Å². The predicted molar refractivity (Wildman–Crippen MR) is 53.6 cm³/mol. The number of nitrogens with one attached hydrogen (secondary N) is 1. The zero-order chi connectivity index (χ0) is 9.10. The van der Waals surface area contributed by atoms with Crippen LogP contribution >= 0.6 is 0 Å². The van der Waals surface area contributed by atoms with Gasteiger partial charge in [-0.3, -0.25) is 0 Å². The first-order valence-corrected chi connectivity index (χ1v) is 5.78. The van der Waals surface area contributed by atoms with Crippen LogP contribution in [-0.4, -0.2) is 23.8 Å². The van der Waals surface area contributed by atoms with E-state index < -0.39 is 0 Å². The molecule has 2 fully saturated rings. The number of aliphatic hydroxyl groups is 1. The molecule has 2 N–H and O–H groups in total. The molecule has 13 heavy (non-hydrogen) atoms. The van der Waals surface area contributed by atoms with Gasteiger partial charge in [-0.05, 0) is 25.3 Å². The second-order valence-corrected chi connectivity index (χ2v) is 4.66. The fourth-order valence-electron chi connectivity index (χ4n) is 2.57. The van der Waals surface area contributed by atoms with Crippen LogP contribution in [0.4, 0.5) is 0 Å². The van der Waals surface area contributed by atoms with Crippen LogP contribution in [0.25, 0.3) is 0 Å². The van der Waals surface area contributed by atoms with E-state index in [-0.39, 0.29) is 6.10 Å². The maximum Gasteiger partial charge on any atom is 0.0696 e. The summed E-state index contributed by atoms with van der Waals surface area (Å²) in [7, 11) is 0. The Morgan fingerprint density at radius 3 is 2.38 bits per heavy atom. The van der Waals surface area contributed by atoms with Crippen molar-refractivity contribution in [1.82, 2.24) is 5.32 Å². The molecular formula is C11H21NO. The number of aliphatic hydroxyl groups excluding tert-OH is 1. The van der Waals surface area contributed by atoms with Crippen molar-refractivity contribution in [2.75, 3.05) is 6.54 Å². The quantitative estimate of drug-likeness (QED) is 0.697. The van der Waals surface area contributed by atoms with Crippen molar-refractivity contribution in [2.45, 2.75) is 57.1 Å². The third-order valence-corrected chi connectivity index (χ3v) is 3.63. The van der Waals surface area contributed by atoms with Crippen molar-refractivity contribution in [3.05, 3.63) is 0 Å². The summed E-state index contributed by atoms with van der Waals surface area (Å²) in [5.41, 5.74) is 0. The van der Waals surface area contributed by atoms with Crippen LogP contribution in [0.2, 0.25) is 0 Å². The molecule has 0 amide bonds. The van der Waals surface area contributed by atoms with E-state index in [1.807, 2.05) is 0 Å². The standard InChI is InChI=1S/C11H21NO/c13-11(10-6-7-12-10)8-9-4-2-1-3-5-9/h9-13H,1-8H2. The van der Waals surface area contributed by atoms with Crippen molar-refractivity contribution in [1.29, 1.82) is 0 Å². The molecule has 1 aliphatic heterocycles. The fraction of sp³-hybridized carbons (Fsp3) is 1.00. The average molecular weight is 183 g/mol. The minimum Gasteiger partial charge on any atom is -0.391 e. The summed E-state index contributed by atoms with van der Waals surface area (Å²) in [4.78, 5) is 0. The Labute approximate surface area is 80.7 Å². The molecule has 1 saturated carbocycles. The lowest BCUT2D eigenvalue weighted by atomic mass is 9.83. The lowest BCUT2D eigenvalue weighted by Gasteiger charge is -2.34. The van der Waals surface area contributed by atoms with Gasteiger partial charge < -0.3 is 10.4 Å². The van der Waals surface area contributed by atoms with Crippen LogP contribution in [0.1, 0.15) is 44.9 Å². The lowest BCUT2D eigenvalue weighted by Crippen LogP contribution is -2.51. The van der Waals surface area contributed by atoms with Gasteiger partial charge in [-0.2, -0.15) is 0 Å². The normalized spacial score (nSPS) is 32.5. The van der Waals surface area contributed by atoms with Crippen LogP contribution in [0.15, 0.2) is 0 Å². The highest BCUT2D eigenvalue weighted by Crippen LogP contribution is 2.28. The fourth-order valence-corrected chi connectivity index (χ4v) is 2.57. The van der Waals surface area contributed by atoms with E-state index in [1.165, 1.54) is 38.5 Å². The Balaban J connectivity index is 1.69. The summed E-state index contributed by atoms with van der Waals surface area (Å²) in [6.45, 7) is 1.10. The van der Waals surface area contributed by atoms with Crippen molar-refractivity contribution < 1.29 is 5.11 Å². The van der Waals surface area contributed by atoms with Crippen molar-refractivity contribution >= 4 is 0 Å². The van der Waals surface area contributed by atoms with Gasteiger partial charge in [-0.15, -0.1) is 0 Å². The Hall–Kier alpha value is -0.0800. The highest BCUT2D eigenvalue weighted by Gasteiger charge is 2.27. The molecule has 0 bridgehead atoms. The highest BCUT2D eigenvalue weighted by molar-refractivity contribution is 4.86. The summed E-state index contributed by atoms with van der Waals surface area (Å²) < 4.78 is 0. The molecule has 0 spiro atoms. The van der Waals surface area contributed by atoms with E-state index in [1.54, 1.807) is 0 Å². The van der Waals surface area contributed by atoms with Crippen molar-refractivity contribution in [3.63, 3.8) is 0 Å². The van der Waals surface area contributed by atoms with E-state index in [0.29, 0.717) is 6.04 Å². The molecule has 0 aromatic rings. The van der Waals surface area contributed by atoms with E-state index in [2.05, 4.69) is 5.32 Å². The first-order chi connectivity index (χ1) is 6.36. The maximum absolute atomic E-state index is 9.86. The SMILES string of the molecule is OC(CC1CCCCC1)C1CCN1. The van der Waals surface area contributed by atoms with Gasteiger partial charge in [-0.1, -0.05) is 32.1 Å². The molecule has 0 aromatic carbocycles. The summed E-state index contributed by atoms with van der Waals surface area (Å²) in [5.74, 6) is 0.811. The third-order valence-electron chi connectivity index (χ3n) is 3.63. The molecule has 2 rings (SSSR count). The van der Waals surface area contributed by atoms with Crippen LogP contribution in [-0.2, 0) is 0 Å². The first-order valence-electron chi connectivity index (χ1n) is 5.78. The molecule has 0 radical (unpaired) electrons. The van der Waals surface area contributed by atoms with Crippen molar-refractivity contribution in [3.8, 4) is 0 Å². The molecule has 0 aromatic heterocycles. The van der Waals surface area contributed by atoms with E-state index in [4.69, 9.17) is 0 Å². The molecule has 2 unspecified atom stereocenters. The van der Waals surface area contributed by atoms with Gasteiger partial charge in [0.05, 0.1) is 6.10 Å². The van der Waals surface area contributed by atoms with Crippen LogP contribution in [0.3, 0.4) is 0 Å². The van der Waals surface area contributed by atoms with Gasteiger partial charge in [-0.25, -0.2) is 0 Å². The average Bonchev–Trinajstić information content (AvgIpc) is 2.02. The predicted octanol–water partition coefficient (Wildman–Crippen LogP) is 1.68. The van der Waals surface area contributed by atoms with Gasteiger partial charge >= 0.3 is 0 Å². The Morgan fingerprint density at radius 2 is 1.85 bits per heavy atom. The minimum absolute atomic E-state index is 0.0724. The number of hydrogen-bond acceptors (Lipinski definition) is 2. The Morgan fingerprint density at radius 1 is 1.15 bits per heavy atom. The number of hydrogen-bond donors (Lipinski definition) is 2. The minimum atomic E-state index is -0.0724. The van der Waals surface area contributed by atoms with Crippen LogP contribution in [0.5, 0.6) is 0 Å². The summed E-state index contributed by atoms with van der Waals surface area (Å²) in [5, 5.41) is 13.1. The molecular weight excluding hydrogens is 162 g/mol. The van der Waals surface area contributed by atoms with E-state index >= 15 is 0 Å². The van der Waals surface area contributed by atoms with Gasteiger partial charge in [0.1, 0.15) is 0 Å². The molecule has 2 aliphatic rings. The summed E-state index contributed by atoms with van der Waals surface area (Å²) in [6.07, 6.45) is 9.02. The zero-order valence-corrected chi connectivity index (χ0v) is 8.34. The van der Waals surface area contributed by atoms with Gasteiger partial charge in [0, 0.05) is 6.04 Å². The largest absolute Gasteiger partial charge is 0.391 e. The third kappa shape index (κ3) is 2.44. The molecule has 1 heterocycles. The van der Waals surface area contributed by atoms with Gasteiger partial charge in [0.15, 0.2) is 0 Å². The highest BCUT2D eigenvalue weighted by atomic mass is 16.3. The number of rotatable bonds is 3. The van der Waals surface area contributed by atoms with Crippen molar-refractivity contribution in [2.24, 2.45) is 5.92 Å². The molecule has 2 atom stereocenters. The maximum atomic E-state index is 9.86. The Kier molecular flexibility index (Phi) is 3.23. The lowest BCUT2D eigenvalue weighted by molar-refractivity contribution is 0.0660. The molecule has 2 nitrogen and oxygen atoms in total. The van der Waals surface area contributed by atoms with Crippen LogP contribution in [0, 0.1) is 5.92 Å². The summed E-state index contributed by atoms with van der Waals surface area (Å²) >= 11 is 0. The summed E-state index contributed by atoms with van der Waals surface area (Å²) in [6, 6.07) is 0.418. The smallest absolute Gasteiger partial charge is 0.0696 e. The second kappa shape index (κ2) is 4.43. The van der Waals surface area contributed by atoms with Gasteiger partial charge in [0.25, 0.3) is 0 Å². The molecule has 76 valence electrons. The molecule has 2 heteroatoms. The van der Waals surface area contributed by atoms with Gasteiger partial charge in [0.2, 0.25) is 0 Å². The monoisotopic (exact) mass is 183 g/mol. The second-order valence-electron chi connectivity index (χ2n) is 4.66. The topological polar surface area (TPSA) is 32.3 Å². The van der Waals surface area contributed by atoms with E-state index in [9.17, 15) is 5.11 Å². The van der Waals surface area contributed by atoms with E-state index in [0.717, 1.165) is 18.9 Å². The Bertz CT molecular complexity index is 150.